The van der Waals surface area contributed by atoms with Crippen LogP contribution < -0.4 is 5.32 Å². The molecule has 0 aromatic carbocycles. The third-order valence-corrected chi connectivity index (χ3v) is 5.20. The molecule has 1 saturated heterocycles. The SMILES string of the molecule is C=CCCCCCCNC(=O)N1C[C@@H]2CCC[C@@]2(C(=O)O)C1. The topological polar surface area (TPSA) is 69.6 Å². The lowest BCUT2D eigenvalue weighted by Crippen LogP contribution is -2.41. The van der Waals surface area contributed by atoms with Gasteiger partial charge in [-0.2, -0.15) is 0 Å². The largest absolute Gasteiger partial charge is 0.481 e. The highest BCUT2D eigenvalue weighted by Gasteiger charge is 2.55. The van der Waals surface area contributed by atoms with Crippen LogP contribution in [0.3, 0.4) is 0 Å². The molecular weight excluding hydrogens is 280 g/mol. The van der Waals surface area contributed by atoms with Crippen LogP contribution >= 0.6 is 0 Å². The number of nitrogens with one attached hydrogen (secondary N) is 1. The standard InChI is InChI=1S/C17H28N2O3/c1-2-3-4-5-6-7-11-18-16(22)19-12-14-9-8-10-17(14,13-19)15(20)21/h2,14H,1,3-13H2,(H,18,22)(H,20,21)/t14-,17+/m0/s1. The first-order valence-corrected chi connectivity index (χ1v) is 8.47. The average Bonchev–Trinajstić information content (AvgIpc) is 3.04. The lowest BCUT2D eigenvalue weighted by atomic mass is 9.81. The summed E-state index contributed by atoms with van der Waals surface area (Å²) in [6, 6.07) is -0.0962. The highest BCUT2D eigenvalue weighted by atomic mass is 16.4. The zero-order chi connectivity index (χ0) is 16.0. The number of fused-ring (bicyclic) bond motifs is 1. The van der Waals surface area contributed by atoms with Crippen LogP contribution in [0.4, 0.5) is 4.79 Å². The fourth-order valence-corrected chi connectivity index (χ4v) is 3.87. The van der Waals surface area contributed by atoms with Crippen molar-refractivity contribution in [2.75, 3.05) is 19.6 Å². The number of likely N-dealkylation sites (tertiary alicyclic amines) is 1. The van der Waals surface area contributed by atoms with Gasteiger partial charge in [0, 0.05) is 19.6 Å². The Kier molecular flexibility index (Phi) is 5.86. The Morgan fingerprint density at radius 3 is 2.77 bits per heavy atom. The van der Waals surface area contributed by atoms with Gasteiger partial charge in [-0.3, -0.25) is 4.79 Å². The van der Waals surface area contributed by atoms with Crippen LogP contribution in [0.25, 0.3) is 0 Å². The Morgan fingerprint density at radius 2 is 2.09 bits per heavy atom. The highest BCUT2D eigenvalue weighted by Crippen LogP contribution is 2.48. The van der Waals surface area contributed by atoms with E-state index in [1.54, 1.807) is 4.90 Å². The normalized spacial score (nSPS) is 26.7. The summed E-state index contributed by atoms with van der Waals surface area (Å²) in [5, 5.41) is 12.5. The molecule has 2 fully saturated rings. The minimum absolute atomic E-state index is 0.0962. The number of unbranched alkanes of at least 4 members (excludes halogenated alkanes) is 4. The Hall–Kier alpha value is -1.52. The number of hydrogen-bond acceptors (Lipinski definition) is 2. The molecule has 2 rings (SSSR count). The summed E-state index contributed by atoms with van der Waals surface area (Å²) < 4.78 is 0. The molecule has 1 aliphatic carbocycles. The van der Waals surface area contributed by atoms with Crippen molar-refractivity contribution in [2.45, 2.75) is 51.4 Å². The van der Waals surface area contributed by atoms with Gasteiger partial charge in [0.2, 0.25) is 0 Å². The van der Waals surface area contributed by atoms with E-state index in [1.807, 2.05) is 6.08 Å². The van der Waals surface area contributed by atoms with E-state index in [1.165, 1.54) is 0 Å². The smallest absolute Gasteiger partial charge is 0.317 e. The Balaban J connectivity index is 1.69. The predicted molar refractivity (Wildman–Crippen MR) is 85.7 cm³/mol. The molecule has 5 nitrogen and oxygen atoms in total. The van der Waals surface area contributed by atoms with Crippen molar-refractivity contribution in [1.29, 1.82) is 0 Å². The third-order valence-electron chi connectivity index (χ3n) is 5.20. The summed E-state index contributed by atoms with van der Waals surface area (Å²) in [7, 11) is 0. The van der Waals surface area contributed by atoms with Crippen molar-refractivity contribution in [3.63, 3.8) is 0 Å². The van der Waals surface area contributed by atoms with Gasteiger partial charge in [-0.15, -0.1) is 6.58 Å². The number of carboxylic acids is 1. The van der Waals surface area contributed by atoms with Gasteiger partial charge in [0.25, 0.3) is 0 Å². The molecule has 2 amide bonds. The molecule has 124 valence electrons. The van der Waals surface area contributed by atoms with Gasteiger partial charge in [-0.25, -0.2) is 4.79 Å². The van der Waals surface area contributed by atoms with E-state index in [4.69, 9.17) is 0 Å². The second-order valence-electron chi connectivity index (χ2n) is 6.65. The molecule has 0 unspecified atom stereocenters. The molecule has 2 atom stereocenters. The fraction of sp³-hybridized carbons (Fsp3) is 0.765. The molecule has 2 aliphatic rings. The molecule has 0 radical (unpaired) electrons. The number of carbonyl (C=O) groups excluding carboxylic acids is 1. The van der Waals surface area contributed by atoms with Gasteiger partial charge < -0.3 is 15.3 Å². The maximum absolute atomic E-state index is 12.2. The molecular formula is C17H28N2O3. The van der Waals surface area contributed by atoms with Crippen LogP contribution in [-0.4, -0.2) is 41.6 Å². The highest BCUT2D eigenvalue weighted by molar-refractivity contribution is 5.80. The first kappa shape index (κ1) is 16.8. The molecule has 2 N–H and O–H groups in total. The number of carboxylic acid groups (broad SMARTS) is 1. The molecule has 1 saturated carbocycles. The molecule has 1 aliphatic heterocycles. The second kappa shape index (κ2) is 7.65. The summed E-state index contributed by atoms with van der Waals surface area (Å²) in [6.45, 7) is 5.34. The number of carbonyl (C=O) groups is 2. The van der Waals surface area contributed by atoms with Gasteiger partial charge in [-0.05, 0) is 38.0 Å². The molecule has 0 bridgehead atoms. The zero-order valence-electron chi connectivity index (χ0n) is 13.4. The second-order valence-corrected chi connectivity index (χ2v) is 6.65. The quantitative estimate of drug-likeness (QED) is 0.535. The van der Waals surface area contributed by atoms with Crippen LogP contribution in [-0.2, 0) is 4.79 Å². The number of urea groups is 1. The molecule has 0 aromatic rings. The summed E-state index contributed by atoms with van der Waals surface area (Å²) in [4.78, 5) is 25.5. The Labute approximate surface area is 132 Å². The van der Waals surface area contributed by atoms with Crippen molar-refractivity contribution >= 4 is 12.0 Å². The number of allylic oxidation sites excluding steroid dienone is 1. The number of rotatable bonds is 8. The molecule has 22 heavy (non-hydrogen) atoms. The van der Waals surface area contributed by atoms with Crippen molar-refractivity contribution < 1.29 is 14.7 Å². The van der Waals surface area contributed by atoms with Crippen LogP contribution in [0.2, 0.25) is 0 Å². The van der Waals surface area contributed by atoms with E-state index in [2.05, 4.69) is 11.9 Å². The molecule has 1 heterocycles. The van der Waals surface area contributed by atoms with E-state index in [-0.39, 0.29) is 11.9 Å². The Bertz CT molecular complexity index is 424. The van der Waals surface area contributed by atoms with Gasteiger partial charge in [0.1, 0.15) is 0 Å². The third kappa shape index (κ3) is 3.62. The molecule has 0 aromatic heterocycles. The molecule has 0 spiro atoms. The summed E-state index contributed by atoms with van der Waals surface area (Å²) >= 11 is 0. The van der Waals surface area contributed by atoms with Crippen LogP contribution in [0.15, 0.2) is 12.7 Å². The van der Waals surface area contributed by atoms with Crippen molar-refractivity contribution in [3.05, 3.63) is 12.7 Å². The monoisotopic (exact) mass is 308 g/mol. The van der Waals surface area contributed by atoms with E-state index < -0.39 is 11.4 Å². The minimum Gasteiger partial charge on any atom is -0.481 e. The number of aliphatic carboxylic acids is 1. The fourth-order valence-electron chi connectivity index (χ4n) is 3.87. The van der Waals surface area contributed by atoms with Crippen molar-refractivity contribution in [3.8, 4) is 0 Å². The first-order chi connectivity index (χ1) is 10.6. The van der Waals surface area contributed by atoms with Crippen molar-refractivity contribution in [1.82, 2.24) is 10.2 Å². The zero-order valence-corrected chi connectivity index (χ0v) is 13.4. The summed E-state index contributed by atoms with van der Waals surface area (Å²) in [6.07, 6.45) is 10.0. The van der Waals surface area contributed by atoms with Gasteiger partial charge in [0.05, 0.1) is 5.41 Å². The van der Waals surface area contributed by atoms with Gasteiger partial charge in [0.15, 0.2) is 0 Å². The van der Waals surface area contributed by atoms with E-state index >= 15 is 0 Å². The maximum Gasteiger partial charge on any atom is 0.317 e. The number of hydrogen-bond donors (Lipinski definition) is 2. The minimum atomic E-state index is -0.729. The van der Waals surface area contributed by atoms with Gasteiger partial charge >= 0.3 is 12.0 Å². The lowest BCUT2D eigenvalue weighted by Gasteiger charge is -2.23. The van der Waals surface area contributed by atoms with Crippen LogP contribution in [0.5, 0.6) is 0 Å². The average molecular weight is 308 g/mol. The predicted octanol–water partition coefficient (Wildman–Crippen LogP) is 3.02. The van der Waals surface area contributed by atoms with Crippen LogP contribution in [0, 0.1) is 11.3 Å². The van der Waals surface area contributed by atoms with Crippen molar-refractivity contribution in [2.24, 2.45) is 11.3 Å². The number of amides is 2. The van der Waals surface area contributed by atoms with E-state index in [0.717, 1.165) is 44.9 Å². The molecule has 5 heteroatoms. The lowest BCUT2D eigenvalue weighted by molar-refractivity contribution is -0.149. The first-order valence-electron chi connectivity index (χ1n) is 8.47. The van der Waals surface area contributed by atoms with E-state index in [9.17, 15) is 14.7 Å². The van der Waals surface area contributed by atoms with E-state index in [0.29, 0.717) is 26.1 Å². The van der Waals surface area contributed by atoms with Gasteiger partial charge in [-0.1, -0.05) is 25.3 Å². The van der Waals surface area contributed by atoms with Crippen LogP contribution in [0.1, 0.15) is 51.4 Å². The Morgan fingerprint density at radius 1 is 1.32 bits per heavy atom. The summed E-state index contributed by atoms with van der Waals surface area (Å²) in [5.74, 6) is -0.595. The maximum atomic E-state index is 12.2. The number of nitrogens with zero attached hydrogens (tertiary/aromatic N) is 1. The summed E-state index contributed by atoms with van der Waals surface area (Å²) in [5.41, 5.74) is -0.679.